The number of halogens is 3. The van der Waals surface area contributed by atoms with Crippen LogP contribution in [-0.2, 0) is 22.6 Å². The molecule has 1 aromatic rings. The average molecular weight is 387 g/mol. The van der Waals surface area contributed by atoms with E-state index in [0.29, 0.717) is 30.5 Å². The predicted octanol–water partition coefficient (Wildman–Crippen LogP) is 0.809. The highest BCUT2D eigenvalue weighted by Crippen LogP contribution is 2.29. The van der Waals surface area contributed by atoms with Crippen LogP contribution in [0.3, 0.4) is 0 Å². The third kappa shape index (κ3) is 7.45. The van der Waals surface area contributed by atoms with E-state index in [1.165, 1.54) is 7.05 Å². The summed E-state index contributed by atoms with van der Waals surface area (Å²) < 4.78 is 62.2. The van der Waals surface area contributed by atoms with Gasteiger partial charge < -0.3 is 10.6 Å². The van der Waals surface area contributed by atoms with Crippen molar-refractivity contribution in [2.45, 2.75) is 19.5 Å². The molecule has 7 nitrogen and oxygen atoms in total. The summed E-state index contributed by atoms with van der Waals surface area (Å²) in [4.78, 5) is 7.47. The molecule has 0 saturated carbocycles. The molecule has 0 atom stereocenters. The van der Waals surface area contributed by atoms with Gasteiger partial charge in [-0.15, -0.1) is 11.3 Å². The molecule has 0 aliphatic heterocycles. The fourth-order valence-electron chi connectivity index (χ4n) is 1.55. The van der Waals surface area contributed by atoms with Crippen LogP contribution in [0.15, 0.2) is 10.4 Å². The van der Waals surface area contributed by atoms with Crippen LogP contribution in [0.1, 0.15) is 17.6 Å². The van der Waals surface area contributed by atoms with Crippen molar-refractivity contribution in [3.63, 3.8) is 0 Å². The second-order valence-corrected chi connectivity index (χ2v) is 7.64. The Hall–Kier alpha value is -1.40. The number of nitrogens with zero attached hydrogens (tertiary/aromatic N) is 2. The Morgan fingerprint density at radius 2 is 1.96 bits per heavy atom. The van der Waals surface area contributed by atoms with E-state index in [1.807, 2.05) is 0 Å². The van der Waals surface area contributed by atoms with Crippen molar-refractivity contribution in [3.05, 3.63) is 16.1 Å². The summed E-state index contributed by atoms with van der Waals surface area (Å²) in [7, 11) is -1.70. The highest BCUT2D eigenvalue weighted by molar-refractivity contribution is 7.89. The van der Waals surface area contributed by atoms with Crippen molar-refractivity contribution in [2.24, 2.45) is 4.99 Å². The fourth-order valence-corrected chi connectivity index (χ4v) is 2.98. The van der Waals surface area contributed by atoms with Gasteiger partial charge in [0.25, 0.3) is 0 Å². The minimum Gasteiger partial charge on any atom is -0.356 e. The summed E-state index contributed by atoms with van der Waals surface area (Å²) in [5.74, 6) is 0.437. The number of hydrogen-bond donors (Lipinski definition) is 3. The summed E-state index contributed by atoms with van der Waals surface area (Å²) in [5.41, 5.74) is -0.881. The lowest BCUT2D eigenvalue weighted by Gasteiger charge is -2.11. The van der Waals surface area contributed by atoms with Gasteiger partial charge in [0.1, 0.15) is 0 Å². The smallest absolute Gasteiger partial charge is 0.356 e. The first-order valence-corrected chi connectivity index (χ1v) is 9.64. The first-order chi connectivity index (χ1) is 11.2. The molecule has 0 amide bonds. The fraction of sp³-hybridized carbons (Fsp3) is 0.667. The lowest BCUT2D eigenvalue weighted by molar-refractivity contribution is -0.140. The maximum absolute atomic E-state index is 12.4. The molecule has 0 unspecified atom stereocenters. The molecular weight excluding hydrogens is 367 g/mol. The van der Waals surface area contributed by atoms with Gasteiger partial charge in [-0.05, 0) is 6.92 Å². The Labute approximate surface area is 142 Å². The van der Waals surface area contributed by atoms with E-state index in [0.717, 1.165) is 16.7 Å². The van der Waals surface area contributed by atoms with Crippen LogP contribution in [0, 0.1) is 0 Å². The molecule has 0 aromatic carbocycles. The van der Waals surface area contributed by atoms with E-state index in [-0.39, 0.29) is 12.3 Å². The SMILES string of the molecule is CCS(=O)(=O)NCCNC(=NC)NCCc1nc(C(F)(F)F)cs1. The molecule has 12 heteroatoms. The molecule has 0 bridgehead atoms. The molecule has 24 heavy (non-hydrogen) atoms. The van der Waals surface area contributed by atoms with Gasteiger partial charge in [0.15, 0.2) is 11.7 Å². The molecule has 0 radical (unpaired) electrons. The standard InChI is InChI=1S/C12H20F3N5O2S2/c1-3-24(21,22)19-7-6-18-11(16-2)17-5-4-10-20-9(8-23-10)12(13,14)15/h8,19H,3-7H2,1-2H3,(H2,16,17,18). The number of aliphatic imine (C=N–C) groups is 1. The zero-order valence-corrected chi connectivity index (χ0v) is 14.9. The number of thiazole rings is 1. The second kappa shape index (κ2) is 9.18. The van der Waals surface area contributed by atoms with Crippen LogP contribution in [0.4, 0.5) is 13.2 Å². The van der Waals surface area contributed by atoms with Crippen molar-refractivity contribution in [3.8, 4) is 0 Å². The number of sulfonamides is 1. The summed E-state index contributed by atoms with van der Waals surface area (Å²) >= 11 is 0.954. The second-order valence-electron chi connectivity index (χ2n) is 4.60. The topological polar surface area (TPSA) is 95.5 Å². The normalized spacial score (nSPS) is 13.1. The first-order valence-electron chi connectivity index (χ1n) is 7.11. The lowest BCUT2D eigenvalue weighted by Crippen LogP contribution is -2.42. The zero-order chi connectivity index (χ0) is 18.2. The summed E-state index contributed by atoms with van der Waals surface area (Å²) in [6.45, 7) is 2.43. The Morgan fingerprint density at radius 1 is 1.29 bits per heavy atom. The van der Waals surface area contributed by atoms with Gasteiger partial charge in [-0.25, -0.2) is 18.1 Å². The van der Waals surface area contributed by atoms with Crippen molar-refractivity contribution in [2.75, 3.05) is 32.4 Å². The van der Waals surface area contributed by atoms with Crippen molar-refractivity contribution < 1.29 is 21.6 Å². The summed E-state index contributed by atoms with van der Waals surface area (Å²) in [6, 6.07) is 0. The van der Waals surface area contributed by atoms with E-state index in [1.54, 1.807) is 6.92 Å². The molecule has 1 aromatic heterocycles. The van der Waals surface area contributed by atoms with Crippen LogP contribution in [0.5, 0.6) is 0 Å². The van der Waals surface area contributed by atoms with Crippen molar-refractivity contribution in [1.29, 1.82) is 0 Å². The number of nitrogens with one attached hydrogen (secondary N) is 3. The van der Waals surface area contributed by atoms with Gasteiger partial charge in [-0.1, -0.05) is 0 Å². The molecular formula is C12H20F3N5O2S2. The number of hydrogen-bond acceptors (Lipinski definition) is 5. The van der Waals surface area contributed by atoms with E-state index >= 15 is 0 Å². The van der Waals surface area contributed by atoms with Crippen molar-refractivity contribution >= 4 is 27.3 Å². The largest absolute Gasteiger partial charge is 0.434 e. The number of alkyl halides is 3. The minimum absolute atomic E-state index is 0.00764. The minimum atomic E-state index is -4.43. The van der Waals surface area contributed by atoms with Crippen LogP contribution in [0.25, 0.3) is 0 Å². The van der Waals surface area contributed by atoms with Gasteiger partial charge in [0.05, 0.1) is 10.8 Å². The number of rotatable bonds is 8. The van der Waals surface area contributed by atoms with Crippen molar-refractivity contribution in [1.82, 2.24) is 20.3 Å². The van der Waals surface area contributed by atoms with Crippen LogP contribution < -0.4 is 15.4 Å². The van der Waals surface area contributed by atoms with Gasteiger partial charge >= 0.3 is 6.18 Å². The van der Waals surface area contributed by atoms with Gasteiger partial charge in [0, 0.05) is 38.5 Å². The summed E-state index contributed by atoms with van der Waals surface area (Å²) in [5, 5.41) is 7.19. The molecule has 1 heterocycles. The summed E-state index contributed by atoms with van der Waals surface area (Å²) in [6.07, 6.45) is -4.10. The first kappa shape index (κ1) is 20.6. The zero-order valence-electron chi connectivity index (χ0n) is 13.3. The maximum Gasteiger partial charge on any atom is 0.434 e. The quantitative estimate of drug-likeness (QED) is 0.349. The van der Waals surface area contributed by atoms with Gasteiger partial charge in [-0.3, -0.25) is 4.99 Å². The van der Waals surface area contributed by atoms with E-state index in [2.05, 4.69) is 25.3 Å². The lowest BCUT2D eigenvalue weighted by atomic mass is 10.4. The Kier molecular flexibility index (Phi) is 7.90. The molecule has 1 rings (SSSR count). The van der Waals surface area contributed by atoms with E-state index in [9.17, 15) is 21.6 Å². The monoisotopic (exact) mass is 387 g/mol. The van der Waals surface area contributed by atoms with Crippen LogP contribution in [0.2, 0.25) is 0 Å². The van der Waals surface area contributed by atoms with E-state index < -0.39 is 21.9 Å². The average Bonchev–Trinajstić information content (AvgIpc) is 2.98. The Balaban J connectivity index is 2.31. The van der Waals surface area contributed by atoms with E-state index in [4.69, 9.17) is 0 Å². The highest BCUT2D eigenvalue weighted by Gasteiger charge is 2.33. The Bertz CT molecular complexity index is 643. The predicted molar refractivity (Wildman–Crippen MR) is 87.6 cm³/mol. The molecule has 3 N–H and O–H groups in total. The number of guanidine groups is 1. The maximum atomic E-state index is 12.4. The molecule has 0 aliphatic carbocycles. The molecule has 0 saturated heterocycles. The highest BCUT2D eigenvalue weighted by atomic mass is 32.2. The molecule has 0 spiro atoms. The van der Waals surface area contributed by atoms with Crippen LogP contribution in [-0.4, -0.2) is 51.8 Å². The molecule has 0 aliphatic rings. The molecule has 0 fully saturated rings. The molecule has 138 valence electrons. The van der Waals surface area contributed by atoms with Crippen LogP contribution >= 0.6 is 11.3 Å². The van der Waals surface area contributed by atoms with Gasteiger partial charge in [0.2, 0.25) is 10.0 Å². The Morgan fingerprint density at radius 3 is 2.50 bits per heavy atom. The number of aromatic nitrogens is 1. The van der Waals surface area contributed by atoms with Gasteiger partial charge in [-0.2, -0.15) is 13.2 Å². The third-order valence-corrected chi connectivity index (χ3v) is 5.13. The third-order valence-electron chi connectivity index (χ3n) is 2.82.